The number of aryl methyl sites for hydroxylation is 1. The first kappa shape index (κ1) is 21.5. The molecule has 1 unspecified atom stereocenters. The third-order valence-electron chi connectivity index (χ3n) is 4.60. The molecule has 28 heavy (non-hydrogen) atoms. The number of hydrogen-bond acceptors (Lipinski definition) is 3. The minimum Gasteiger partial charge on any atom is -0.487 e. The average Bonchev–Trinajstić information content (AvgIpc) is 2.67. The summed E-state index contributed by atoms with van der Waals surface area (Å²) >= 11 is 0. The zero-order valence-electron chi connectivity index (χ0n) is 17.7. The van der Waals surface area contributed by atoms with Gasteiger partial charge >= 0.3 is 0 Å². The Labute approximate surface area is 168 Å². The molecular weight excluding hydrogens is 350 g/mol. The van der Waals surface area contributed by atoms with E-state index in [1.807, 2.05) is 33.8 Å². The molecule has 0 saturated heterocycles. The van der Waals surface area contributed by atoms with Crippen LogP contribution >= 0.6 is 0 Å². The number of nitrogens with two attached hydrogens (primary N) is 1. The molecule has 2 N–H and O–H groups in total. The molecule has 0 radical (unpaired) electrons. The number of benzene rings is 2. The molecule has 3 rings (SSSR count). The van der Waals surface area contributed by atoms with Crippen LogP contribution in [0.1, 0.15) is 51.3 Å². The molecule has 2 aromatic rings. The number of carbonyl (C=O) groups is 1. The predicted octanol–water partition coefficient (Wildman–Crippen LogP) is 4.69. The predicted molar refractivity (Wildman–Crippen MR) is 115 cm³/mol. The quantitative estimate of drug-likeness (QED) is 0.476. The number of nitrogens with zero attached hydrogens (tertiary/aromatic N) is 2. The van der Waals surface area contributed by atoms with Crippen molar-refractivity contribution in [2.45, 2.75) is 52.7 Å². The SMILES string of the molecule is CC.Cc1cccc(-c2ccc3c(c2)C(N=C(N)N(C)C=O)CC(C)(C)O3)c1. The van der Waals surface area contributed by atoms with Crippen LogP contribution in [-0.2, 0) is 4.79 Å². The van der Waals surface area contributed by atoms with Crippen molar-refractivity contribution in [3.63, 3.8) is 0 Å². The minimum atomic E-state index is -0.355. The first-order valence-electron chi connectivity index (χ1n) is 9.70. The lowest BCUT2D eigenvalue weighted by atomic mass is 9.88. The van der Waals surface area contributed by atoms with Gasteiger partial charge in [-0.1, -0.05) is 49.7 Å². The van der Waals surface area contributed by atoms with Gasteiger partial charge in [0.2, 0.25) is 6.41 Å². The summed E-state index contributed by atoms with van der Waals surface area (Å²) in [6, 6.07) is 14.4. The maximum absolute atomic E-state index is 11.0. The second kappa shape index (κ2) is 8.91. The first-order valence-corrected chi connectivity index (χ1v) is 9.70. The molecule has 1 heterocycles. The number of rotatable bonds is 3. The Morgan fingerprint density at radius 3 is 2.54 bits per heavy atom. The molecule has 0 aliphatic carbocycles. The van der Waals surface area contributed by atoms with Crippen molar-refractivity contribution in [1.82, 2.24) is 4.90 Å². The van der Waals surface area contributed by atoms with Crippen LogP contribution in [0.5, 0.6) is 5.75 Å². The molecule has 150 valence electrons. The Kier molecular flexibility index (Phi) is 6.84. The summed E-state index contributed by atoms with van der Waals surface area (Å²) in [5.41, 5.74) is 10.1. The van der Waals surface area contributed by atoms with Gasteiger partial charge in [-0.3, -0.25) is 9.69 Å². The van der Waals surface area contributed by atoms with Gasteiger partial charge in [0.15, 0.2) is 5.96 Å². The third-order valence-corrected chi connectivity index (χ3v) is 4.60. The van der Waals surface area contributed by atoms with Crippen molar-refractivity contribution < 1.29 is 9.53 Å². The zero-order valence-corrected chi connectivity index (χ0v) is 17.7. The first-order chi connectivity index (χ1) is 13.3. The largest absolute Gasteiger partial charge is 0.487 e. The highest BCUT2D eigenvalue weighted by atomic mass is 16.5. The lowest BCUT2D eigenvalue weighted by molar-refractivity contribution is -0.114. The van der Waals surface area contributed by atoms with Crippen LogP contribution in [0.15, 0.2) is 47.5 Å². The van der Waals surface area contributed by atoms with Crippen molar-refractivity contribution in [2.24, 2.45) is 10.7 Å². The van der Waals surface area contributed by atoms with E-state index < -0.39 is 0 Å². The molecule has 0 aromatic heterocycles. The number of aliphatic imine (C=N–C) groups is 1. The molecule has 0 bridgehead atoms. The Hall–Kier alpha value is -2.82. The summed E-state index contributed by atoms with van der Waals surface area (Å²) in [6.07, 6.45) is 1.35. The number of fused-ring (bicyclic) bond motifs is 1. The van der Waals surface area contributed by atoms with Crippen molar-refractivity contribution in [1.29, 1.82) is 0 Å². The summed E-state index contributed by atoms with van der Waals surface area (Å²) in [5.74, 6) is 1.02. The summed E-state index contributed by atoms with van der Waals surface area (Å²) in [4.78, 5) is 16.9. The van der Waals surface area contributed by atoms with E-state index in [4.69, 9.17) is 10.5 Å². The highest BCUT2D eigenvalue weighted by molar-refractivity contribution is 5.87. The maximum Gasteiger partial charge on any atom is 0.216 e. The highest BCUT2D eigenvalue weighted by Gasteiger charge is 2.34. The third kappa shape index (κ3) is 4.91. The van der Waals surface area contributed by atoms with E-state index in [0.717, 1.165) is 22.4 Å². The standard InChI is InChI=1S/C21H25N3O2.C2H6/c1-14-6-5-7-15(10-14)16-8-9-19-17(11-16)18(12-21(2,3)26-19)23-20(22)24(4)13-25;1-2/h5-11,13,18H,12H2,1-4H3,(H2,22,23);1-2H3. The molecule has 0 saturated carbocycles. The Morgan fingerprint density at radius 2 is 1.89 bits per heavy atom. The van der Waals surface area contributed by atoms with Gasteiger partial charge in [-0.25, -0.2) is 4.99 Å². The molecule has 1 aliphatic rings. The number of ether oxygens (including phenoxy) is 1. The van der Waals surface area contributed by atoms with Gasteiger partial charge in [-0.15, -0.1) is 0 Å². The zero-order chi connectivity index (χ0) is 20.9. The molecular formula is C23H31N3O2. The lowest BCUT2D eigenvalue weighted by Crippen LogP contribution is -2.37. The molecule has 0 fully saturated rings. The maximum atomic E-state index is 11.0. The van der Waals surface area contributed by atoms with Gasteiger partial charge in [0.25, 0.3) is 0 Å². The van der Waals surface area contributed by atoms with Crippen LogP contribution in [0.2, 0.25) is 0 Å². The van der Waals surface area contributed by atoms with E-state index in [1.165, 1.54) is 10.5 Å². The smallest absolute Gasteiger partial charge is 0.216 e. The topological polar surface area (TPSA) is 67.9 Å². The van der Waals surface area contributed by atoms with Crippen LogP contribution in [0.3, 0.4) is 0 Å². The van der Waals surface area contributed by atoms with E-state index in [2.05, 4.69) is 48.3 Å². The Balaban J connectivity index is 0.00000136. The van der Waals surface area contributed by atoms with Crippen LogP contribution in [0.25, 0.3) is 11.1 Å². The molecule has 1 atom stereocenters. The van der Waals surface area contributed by atoms with Crippen LogP contribution in [0.4, 0.5) is 0 Å². The monoisotopic (exact) mass is 381 g/mol. The fraction of sp³-hybridized carbons (Fsp3) is 0.391. The molecule has 5 nitrogen and oxygen atoms in total. The Bertz CT molecular complexity index is 859. The number of guanidine groups is 1. The molecule has 0 spiro atoms. The van der Waals surface area contributed by atoms with Gasteiger partial charge in [0.05, 0.1) is 6.04 Å². The van der Waals surface area contributed by atoms with Gasteiger partial charge < -0.3 is 10.5 Å². The van der Waals surface area contributed by atoms with Crippen molar-refractivity contribution in [2.75, 3.05) is 7.05 Å². The normalized spacial score (nSPS) is 17.5. The van der Waals surface area contributed by atoms with Crippen LogP contribution < -0.4 is 10.5 Å². The summed E-state index contributed by atoms with van der Waals surface area (Å²) in [7, 11) is 1.60. The fourth-order valence-corrected chi connectivity index (χ4v) is 3.24. The number of hydrogen-bond donors (Lipinski definition) is 1. The average molecular weight is 382 g/mol. The van der Waals surface area contributed by atoms with Crippen molar-refractivity contribution >= 4 is 12.4 Å². The van der Waals surface area contributed by atoms with Gasteiger partial charge in [-0.2, -0.15) is 0 Å². The lowest BCUT2D eigenvalue weighted by Gasteiger charge is -2.36. The number of amides is 1. The van der Waals surface area contributed by atoms with Gasteiger partial charge in [-0.05, 0) is 44.0 Å². The minimum absolute atomic E-state index is 0.166. The van der Waals surface area contributed by atoms with Crippen molar-refractivity contribution in [3.05, 3.63) is 53.6 Å². The van der Waals surface area contributed by atoms with Crippen LogP contribution in [0, 0.1) is 6.92 Å². The fourth-order valence-electron chi connectivity index (χ4n) is 3.24. The van der Waals surface area contributed by atoms with E-state index in [0.29, 0.717) is 12.8 Å². The van der Waals surface area contributed by atoms with Gasteiger partial charge in [0.1, 0.15) is 11.4 Å². The van der Waals surface area contributed by atoms with Crippen molar-refractivity contribution in [3.8, 4) is 16.9 Å². The summed E-state index contributed by atoms with van der Waals surface area (Å²) < 4.78 is 6.14. The number of carbonyl (C=O) groups excluding carboxylic acids is 1. The Morgan fingerprint density at radius 1 is 1.21 bits per heavy atom. The second-order valence-electron chi connectivity index (χ2n) is 7.41. The molecule has 5 heteroatoms. The summed E-state index contributed by atoms with van der Waals surface area (Å²) in [5, 5.41) is 0. The second-order valence-corrected chi connectivity index (χ2v) is 7.41. The molecule has 1 aliphatic heterocycles. The molecule has 2 aromatic carbocycles. The van der Waals surface area contributed by atoms with Gasteiger partial charge in [0, 0.05) is 19.0 Å². The summed E-state index contributed by atoms with van der Waals surface area (Å²) in [6.45, 7) is 10.1. The van der Waals surface area contributed by atoms with E-state index in [-0.39, 0.29) is 17.6 Å². The van der Waals surface area contributed by atoms with E-state index >= 15 is 0 Å². The highest BCUT2D eigenvalue weighted by Crippen LogP contribution is 2.43. The van der Waals surface area contributed by atoms with Crippen LogP contribution in [-0.4, -0.2) is 29.9 Å². The molecule has 1 amide bonds. The van der Waals surface area contributed by atoms with E-state index in [1.54, 1.807) is 7.05 Å². The van der Waals surface area contributed by atoms with E-state index in [9.17, 15) is 4.79 Å².